The van der Waals surface area contributed by atoms with Gasteiger partial charge in [-0.3, -0.25) is 4.79 Å². The summed E-state index contributed by atoms with van der Waals surface area (Å²) in [7, 11) is 0. The van der Waals surface area contributed by atoms with Gasteiger partial charge in [0.25, 0.3) is 0 Å². The predicted octanol–water partition coefficient (Wildman–Crippen LogP) is 3.40. The molecule has 0 saturated heterocycles. The molecule has 1 N–H and O–H groups in total. The molecule has 2 aliphatic rings. The molecule has 0 aromatic carbocycles. The van der Waals surface area contributed by atoms with Crippen LogP contribution in [0.1, 0.15) is 38.5 Å². The van der Waals surface area contributed by atoms with Crippen LogP contribution in [0.25, 0.3) is 0 Å². The third kappa shape index (κ3) is 9.51. The van der Waals surface area contributed by atoms with Gasteiger partial charge >= 0.3 is 0 Å². The van der Waals surface area contributed by atoms with Gasteiger partial charge in [0, 0.05) is 35.7 Å². The van der Waals surface area contributed by atoms with Crippen LogP contribution in [0.15, 0.2) is 24.3 Å². The second-order valence-electron chi connectivity index (χ2n) is 4.52. The number of hydrogen-bond acceptors (Lipinski definition) is 2. The van der Waals surface area contributed by atoms with Crippen molar-refractivity contribution in [3.05, 3.63) is 55.9 Å². The minimum Gasteiger partial charge on any atom is -0.396 e. The molecule has 2 rings (SSSR count). The average molecular weight is 318 g/mol. The molecule has 0 aromatic heterocycles. The van der Waals surface area contributed by atoms with Gasteiger partial charge in [0.05, 0.1) is 0 Å². The van der Waals surface area contributed by atoms with Crippen molar-refractivity contribution >= 4 is 5.78 Å². The first kappa shape index (κ1) is 19.6. The van der Waals surface area contributed by atoms with Crippen LogP contribution in [-0.2, 0) is 21.6 Å². The summed E-state index contributed by atoms with van der Waals surface area (Å²) in [5.74, 6) is 0.863. The van der Waals surface area contributed by atoms with E-state index in [1.54, 1.807) is 12.8 Å². The molecule has 0 bridgehead atoms. The summed E-state index contributed by atoms with van der Waals surface area (Å²) in [6, 6.07) is 0. The molecule has 2 nitrogen and oxygen atoms in total. The fraction of sp³-hybridized carbons (Fsp3) is 0.412. The van der Waals surface area contributed by atoms with Crippen molar-refractivity contribution in [2.24, 2.45) is 0 Å². The number of allylic oxidation sites excluding steroid dienone is 4. The molecule has 0 atom stereocenters. The minimum atomic E-state index is 0. The maximum absolute atomic E-state index is 11.2. The van der Waals surface area contributed by atoms with Crippen LogP contribution in [0, 0.1) is 31.6 Å². The van der Waals surface area contributed by atoms with Crippen molar-refractivity contribution in [1.82, 2.24) is 0 Å². The van der Waals surface area contributed by atoms with E-state index < -0.39 is 0 Å². The molecule has 0 unspecified atom stereocenters. The van der Waals surface area contributed by atoms with Crippen molar-refractivity contribution in [2.45, 2.75) is 38.5 Å². The van der Waals surface area contributed by atoms with Crippen molar-refractivity contribution in [3.8, 4) is 0 Å². The van der Waals surface area contributed by atoms with E-state index in [-0.39, 0.29) is 29.2 Å². The Bertz CT molecular complexity index is 265. The van der Waals surface area contributed by atoms with E-state index in [1.807, 2.05) is 12.8 Å². The second kappa shape index (κ2) is 13.6. The van der Waals surface area contributed by atoms with Crippen molar-refractivity contribution in [1.29, 1.82) is 0 Å². The zero-order valence-electron chi connectivity index (χ0n) is 11.8. The predicted molar refractivity (Wildman–Crippen MR) is 78.5 cm³/mol. The number of carbonyl (C=O) groups is 1. The molecule has 0 spiro atoms. The zero-order valence-corrected chi connectivity index (χ0v) is 12.8. The van der Waals surface area contributed by atoms with E-state index in [0.717, 1.165) is 5.92 Å². The molecule has 20 heavy (non-hydrogen) atoms. The van der Waals surface area contributed by atoms with Crippen molar-refractivity contribution in [2.75, 3.05) is 6.61 Å². The van der Waals surface area contributed by atoms with E-state index in [1.165, 1.54) is 25.7 Å². The number of Topliss-reactive ketones (excluding diaryl/α,β-unsaturated/α-hetero) is 1. The Hall–Kier alpha value is -0.384. The number of aliphatic hydroxyl groups is 1. The standard InChI is InChI=1S/C9H11O2.C8H12.Co/c10-7-3-6-9(11)8-4-1-2-5-8;1-2-4-6-8-7-5-3-1;/h1-2,4-5,10H,3,6-7H2;1-2,7-8H,3-6H2;. The van der Waals surface area contributed by atoms with E-state index in [9.17, 15) is 4.79 Å². The molecule has 1 fully saturated rings. The van der Waals surface area contributed by atoms with Crippen LogP contribution in [0.2, 0.25) is 0 Å². The van der Waals surface area contributed by atoms with Crippen LogP contribution in [0.3, 0.4) is 0 Å². The van der Waals surface area contributed by atoms with Gasteiger partial charge in [-0.05, 0) is 57.8 Å². The monoisotopic (exact) mass is 318 g/mol. The summed E-state index contributed by atoms with van der Waals surface area (Å²) in [6.07, 6.45) is 22.3. The Morgan fingerprint density at radius 3 is 1.80 bits per heavy atom. The van der Waals surface area contributed by atoms with Crippen LogP contribution in [0.5, 0.6) is 0 Å². The van der Waals surface area contributed by atoms with Gasteiger partial charge in [-0.15, -0.1) is 0 Å². The van der Waals surface area contributed by atoms with Crippen LogP contribution < -0.4 is 0 Å². The quantitative estimate of drug-likeness (QED) is 0.807. The molecular weight excluding hydrogens is 295 g/mol. The molecule has 6 radical (unpaired) electrons. The van der Waals surface area contributed by atoms with Crippen LogP contribution in [0.4, 0.5) is 0 Å². The Labute approximate surface area is 133 Å². The fourth-order valence-corrected chi connectivity index (χ4v) is 1.80. The summed E-state index contributed by atoms with van der Waals surface area (Å²) in [4.78, 5) is 11.2. The third-order valence-corrected chi connectivity index (χ3v) is 2.88. The first-order chi connectivity index (χ1) is 9.34. The van der Waals surface area contributed by atoms with E-state index in [4.69, 9.17) is 5.11 Å². The van der Waals surface area contributed by atoms with Crippen molar-refractivity contribution in [3.63, 3.8) is 0 Å². The Kier molecular flexibility index (Phi) is 13.3. The summed E-state index contributed by atoms with van der Waals surface area (Å²) >= 11 is 0. The van der Waals surface area contributed by atoms with Gasteiger partial charge in [0.2, 0.25) is 0 Å². The topological polar surface area (TPSA) is 37.3 Å². The van der Waals surface area contributed by atoms with Gasteiger partial charge in [-0.1, -0.05) is 24.3 Å². The van der Waals surface area contributed by atoms with Crippen LogP contribution in [-0.4, -0.2) is 17.5 Å². The molecule has 0 amide bonds. The summed E-state index contributed by atoms with van der Waals surface area (Å²) < 4.78 is 0. The zero-order chi connectivity index (χ0) is 13.8. The normalized spacial score (nSPS) is 18.4. The summed E-state index contributed by atoms with van der Waals surface area (Å²) in [5, 5.41) is 8.46. The molecule has 0 heterocycles. The van der Waals surface area contributed by atoms with Gasteiger partial charge in [-0.25, -0.2) is 0 Å². The summed E-state index contributed by atoms with van der Waals surface area (Å²) in [6.45, 7) is 0.0897. The first-order valence-corrected chi connectivity index (χ1v) is 7.00. The van der Waals surface area contributed by atoms with Gasteiger partial charge < -0.3 is 5.11 Å². The molecule has 0 aliphatic heterocycles. The fourth-order valence-electron chi connectivity index (χ4n) is 1.80. The number of aliphatic hydroxyl groups excluding tert-OH is 1. The molecule has 0 aromatic rings. The maximum atomic E-state index is 11.2. The van der Waals surface area contributed by atoms with Gasteiger partial charge in [-0.2, -0.15) is 0 Å². The second-order valence-corrected chi connectivity index (χ2v) is 4.52. The Morgan fingerprint density at radius 2 is 1.40 bits per heavy atom. The number of ketones is 1. The van der Waals surface area contributed by atoms with Gasteiger partial charge in [0.1, 0.15) is 5.78 Å². The average Bonchev–Trinajstić information content (AvgIpc) is 2.89. The maximum Gasteiger partial charge on any atom is 0.140 e. The van der Waals surface area contributed by atoms with Crippen molar-refractivity contribution < 1.29 is 26.7 Å². The molecule has 3 heteroatoms. The number of carbonyl (C=O) groups excluding carboxylic acids is 1. The molecule has 112 valence electrons. The SMILES string of the molecule is C1=CCCC=CCC1.O=C(CCCO)[C]1[CH][CH][CH][CH]1.[Co]. The Morgan fingerprint density at radius 1 is 0.950 bits per heavy atom. The number of rotatable bonds is 4. The number of hydrogen-bond donors (Lipinski definition) is 1. The smallest absolute Gasteiger partial charge is 0.140 e. The minimum absolute atomic E-state index is 0. The van der Waals surface area contributed by atoms with Gasteiger partial charge in [0.15, 0.2) is 0 Å². The summed E-state index contributed by atoms with van der Waals surface area (Å²) in [5.41, 5.74) is 0. The Balaban J connectivity index is 0.000000359. The van der Waals surface area contributed by atoms with Crippen LogP contribution >= 0.6 is 0 Å². The van der Waals surface area contributed by atoms with E-state index in [0.29, 0.717) is 12.8 Å². The largest absolute Gasteiger partial charge is 0.396 e. The first-order valence-electron chi connectivity index (χ1n) is 7.00. The third-order valence-electron chi connectivity index (χ3n) is 2.88. The molecule has 1 saturated carbocycles. The molecule has 2 aliphatic carbocycles. The van der Waals surface area contributed by atoms with E-state index >= 15 is 0 Å². The van der Waals surface area contributed by atoms with E-state index in [2.05, 4.69) is 24.3 Å². The molecular formula is C17H23CoO2.